The van der Waals surface area contributed by atoms with E-state index < -0.39 is 7.82 Å². The molecule has 0 fully saturated rings. The van der Waals surface area contributed by atoms with Gasteiger partial charge in [-0.3, -0.25) is 4.57 Å². The molecule has 0 bridgehead atoms. The van der Waals surface area contributed by atoms with Crippen LogP contribution in [0.5, 0.6) is 0 Å². The zero-order valence-corrected chi connectivity index (χ0v) is 18.2. The Bertz CT molecular complexity index is 265. The molecule has 2 unspecified atom stereocenters. The van der Waals surface area contributed by atoms with Crippen LogP contribution in [0, 0.1) is 11.8 Å². The molecule has 22 heavy (non-hydrogen) atoms. The van der Waals surface area contributed by atoms with E-state index in [1.54, 1.807) is 0 Å². The molecule has 6 heteroatoms. The zero-order valence-electron chi connectivity index (χ0n) is 14.8. The average molecular weight is 413 g/mol. The molecular formula is C16H34O4PZr-. The van der Waals surface area contributed by atoms with Gasteiger partial charge in [-0.1, -0.05) is 66.2 Å². The summed E-state index contributed by atoms with van der Waals surface area (Å²) in [6.45, 7) is 8.91. The number of hydrogen-bond acceptors (Lipinski definition) is 4. The zero-order chi connectivity index (χ0) is 16.1. The third-order valence-corrected chi connectivity index (χ3v) is 4.95. The summed E-state index contributed by atoms with van der Waals surface area (Å²) in [5, 5.41) is 0. The number of unbranched alkanes of at least 4 members (excludes halogenated alkanes) is 2. The van der Waals surface area contributed by atoms with Gasteiger partial charge >= 0.3 is 0 Å². The molecular weight excluding hydrogens is 378 g/mol. The van der Waals surface area contributed by atoms with E-state index in [1.807, 2.05) is 0 Å². The van der Waals surface area contributed by atoms with Crippen LogP contribution in [-0.2, 0) is 39.8 Å². The predicted octanol–water partition coefficient (Wildman–Crippen LogP) is 4.92. The first-order valence-electron chi connectivity index (χ1n) is 8.59. The Balaban J connectivity index is 0. The maximum absolute atomic E-state index is 11.8. The SMILES string of the molecule is CCCCC(CC)COP(=O)([O-])OCC(CC)CCCC.[Zr]. The molecule has 0 aromatic carbocycles. The summed E-state index contributed by atoms with van der Waals surface area (Å²) in [5.41, 5.74) is 0. The fraction of sp³-hybridized carbons (Fsp3) is 1.00. The van der Waals surface area contributed by atoms with Crippen LogP contribution in [0.25, 0.3) is 0 Å². The first kappa shape index (κ1) is 25.2. The van der Waals surface area contributed by atoms with E-state index in [-0.39, 0.29) is 39.4 Å². The van der Waals surface area contributed by atoms with Gasteiger partial charge in [0, 0.05) is 26.2 Å². The Labute approximate surface area is 156 Å². The summed E-state index contributed by atoms with van der Waals surface area (Å²) in [6, 6.07) is 0. The van der Waals surface area contributed by atoms with Crippen molar-refractivity contribution in [1.82, 2.24) is 0 Å². The molecule has 0 heterocycles. The van der Waals surface area contributed by atoms with Gasteiger partial charge in [0.1, 0.15) is 0 Å². The molecule has 0 aliphatic heterocycles. The smallest absolute Gasteiger partial charge is 0.267 e. The maximum atomic E-state index is 11.8. The largest absolute Gasteiger partial charge is 0.756 e. The first-order valence-corrected chi connectivity index (χ1v) is 10.0. The Kier molecular flexibility index (Phi) is 17.8. The maximum Gasteiger partial charge on any atom is 0.267 e. The topological polar surface area (TPSA) is 58.6 Å². The summed E-state index contributed by atoms with van der Waals surface area (Å²) in [7, 11) is -4.14. The average Bonchev–Trinajstić information content (AvgIpc) is 2.47. The molecule has 0 aromatic rings. The van der Waals surface area contributed by atoms with Crippen molar-refractivity contribution in [3.63, 3.8) is 0 Å². The van der Waals surface area contributed by atoms with E-state index in [9.17, 15) is 9.46 Å². The molecule has 0 saturated carbocycles. The van der Waals surface area contributed by atoms with Crippen molar-refractivity contribution in [2.45, 2.75) is 79.1 Å². The monoisotopic (exact) mass is 411 g/mol. The molecule has 0 aliphatic carbocycles. The first-order chi connectivity index (χ1) is 9.99. The Morgan fingerprint density at radius 3 is 1.50 bits per heavy atom. The number of phosphoric acid groups is 1. The molecule has 4 nitrogen and oxygen atoms in total. The minimum absolute atomic E-state index is 0. The fourth-order valence-electron chi connectivity index (χ4n) is 2.23. The van der Waals surface area contributed by atoms with E-state index >= 15 is 0 Å². The molecule has 0 rings (SSSR count). The van der Waals surface area contributed by atoms with Crippen LogP contribution in [-0.4, -0.2) is 13.2 Å². The second-order valence-electron chi connectivity index (χ2n) is 5.87. The van der Waals surface area contributed by atoms with Gasteiger partial charge in [-0.25, -0.2) is 0 Å². The van der Waals surface area contributed by atoms with E-state index in [0.29, 0.717) is 11.8 Å². The molecule has 0 radical (unpaired) electrons. The molecule has 0 amide bonds. The fourth-order valence-corrected chi connectivity index (χ4v) is 3.09. The van der Waals surface area contributed by atoms with E-state index in [4.69, 9.17) is 9.05 Å². The summed E-state index contributed by atoms with van der Waals surface area (Å²) in [5.74, 6) is 0.607. The van der Waals surface area contributed by atoms with Crippen molar-refractivity contribution >= 4 is 7.82 Å². The summed E-state index contributed by atoms with van der Waals surface area (Å²) in [6.07, 6.45) is 8.38. The van der Waals surface area contributed by atoms with E-state index in [0.717, 1.165) is 51.4 Å². The number of hydrogen-bond donors (Lipinski definition) is 0. The van der Waals surface area contributed by atoms with E-state index in [1.165, 1.54) is 0 Å². The minimum atomic E-state index is -4.14. The normalized spacial score (nSPS) is 16.6. The quantitative estimate of drug-likeness (QED) is 0.380. The molecule has 0 aliphatic rings. The predicted molar refractivity (Wildman–Crippen MR) is 86.1 cm³/mol. The van der Waals surface area contributed by atoms with Crippen LogP contribution in [0.3, 0.4) is 0 Å². The minimum Gasteiger partial charge on any atom is -0.756 e. The second kappa shape index (κ2) is 15.5. The standard InChI is InChI=1S/C16H35O4P.Zr/c1-5-9-11-15(7-3)13-19-21(17,18)20-14-16(8-4)12-10-6-2;/h15-16H,5-14H2,1-4H3,(H,17,18);/p-1. The van der Waals surface area contributed by atoms with Crippen LogP contribution < -0.4 is 4.89 Å². The van der Waals surface area contributed by atoms with Gasteiger partial charge in [-0.15, -0.1) is 0 Å². The van der Waals surface area contributed by atoms with Crippen molar-refractivity contribution < 1.29 is 44.7 Å². The molecule has 0 saturated heterocycles. The van der Waals surface area contributed by atoms with Crippen molar-refractivity contribution in [3.8, 4) is 0 Å². The number of rotatable bonds is 14. The van der Waals surface area contributed by atoms with Gasteiger partial charge < -0.3 is 13.9 Å². The third kappa shape index (κ3) is 13.4. The van der Waals surface area contributed by atoms with Gasteiger partial charge in [-0.05, 0) is 24.7 Å². The third-order valence-electron chi connectivity index (χ3n) is 4.02. The van der Waals surface area contributed by atoms with Gasteiger partial charge in [0.15, 0.2) is 0 Å². The Morgan fingerprint density at radius 2 is 1.23 bits per heavy atom. The van der Waals surface area contributed by atoms with E-state index in [2.05, 4.69) is 27.7 Å². The molecule has 2 atom stereocenters. The molecule has 0 aromatic heterocycles. The van der Waals surface area contributed by atoms with Crippen LogP contribution in [0.2, 0.25) is 0 Å². The van der Waals surface area contributed by atoms with Crippen LogP contribution >= 0.6 is 7.82 Å². The summed E-state index contributed by atoms with van der Waals surface area (Å²) >= 11 is 0. The van der Waals surface area contributed by atoms with Gasteiger partial charge in [0.05, 0.1) is 13.2 Å². The molecule has 0 N–H and O–H groups in total. The summed E-state index contributed by atoms with van der Waals surface area (Å²) < 4.78 is 21.9. The Morgan fingerprint density at radius 1 is 0.864 bits per heavy atom. The van der Waals surface area contributed by atoms with Crippen molar-refractivity contribution in [2.24, 2.45) is 11.8 Å². The summed E-state index contributed by atoms with van der Waals surface area (Å²) in [4.78, 5) is 11.8. The van der Waals surface area contributed by atoms with Crippen LogP contribution in [0.1, 0.15) is 79.1 Å². The Hall–Kier alpha value is 0.993. The second-order valence-corrected chi connectivity index (χ2v) is 7.28. The number of phosphoric ester groups is 1. The van der Waals surface area contributed by atoms with Crippen LogP contribution in [0.15, 0.2) is 0 Å². The van der Waals surface area contributed by atoms with Gasteiger partial charge in [-0.2, -0.15) is 0 Å². The van der Waals surface area contributed by atoms with Crippen molar-refractivity contribution in [1.29, 1.82) is 0 Å². The van der Waals surface area contributed by atoms with Gasteiger partial charge in [0.25, 0.3) is 7.82 Å². The molecule has 132 valence electrons. The molecule has 0 spiro atoms. The van der Waals surface area contributed by atoms with Gasteiger partial charge in [0.2, 0.25) is 0 Å². The van der Waals surface area contributed by atoms with Crippen LogP contribution in [0.4, 0.5) is 0 Å². The van der Waals surface area contributed by atoms with Crippen molar-refractivity contribution in [3.05, 3.63) is 0 Å². The van der Waals surface area contributed by atoms with Crippen molar-refractivity contribution in [2.75, 3.05) is 13.2 Å².